The van der Waals surface area contributed by atoms with Crippen LogP contribution in [0, 0.1) is 5.82 Å². The molecule has 1 aromatic carbocycles. The van der Waals surface area contributed by atoms with Crippen LogP contribution in [0.15, 0.2) is 53.7 Å². The van der Waals surface area contributed by atoms with Gasteiger partial charge in [-0.05, 0) is 11.6 Å². The fraction of sp³-hybridized carbons (Fsp3) is 0.250. The molecule has 0 atom stereocenters. The molecule has 0 amide bonds. The van der Waals surface area contributed by atoms with Crippen molar-refractivity contribution in [1.29, 1.82) is 0 Å². The Labute approximate surface area is 200 Å². The lowest BCUT2D eigenvalue weighted by atomic mass is 10.1. The molecule has 1 aliphatic rings. The predicted molar refractivity (Wildman–Crippen MR) is 125 cm³/mol. The van der Waals surface area contributed by atoms with Crippen LogP contribution in [0.1, 0.15) is 5.56 Å². The summed E-state index contributed by atoms with van der Waals surface area (Å²) in [6.07, 6.45) is 7.56. The van der Waals surface area contributed by atoms with Crippen LogP contribution in [0.5, 0.6) is 17.2 Å². The lowest BCUT2D eigenvalue weighted by Gasteiger charge is -2.35. The maximum absolute atomic E-state index is 14.8. The van der Waals surface area contributed by atoms with Crippen LogP contribution < -0.4 is 14.8 Å². The Hall–Kier alpha value is -4.09. The minimum absolute atomic E-state index is 0.0480. The summed E-state index contributed by atoms with van der Waals surface area (Å²) >= 11 is 0. The number of rotatable bonds is 8. The highest BCUT2D eigenvalue weighted by Crippen LogP contribution is 2.39. The van der Waals surface area contributed by atoms with Gasteiger partial charge in [0.25, 0.3) is 0 Å². The van der Waals surface area contributed by atoms with Gasteiger partial charge in [0, 0.05) is 61.0 Å². The molecule has 5 rings (SSSR count). The monoisotopic (exact) mass is 481 g/mol. The Bertz CT molecular complexity index is 1330. The summed E-state index contributed by atoms with van der Waals surface area (Å²) in [4.78, 5) is 10.5. The number of phenolic OH excluding ortho intramolecular Hbond substituents is 1. The van der Waals surface area contributed by atoms with E-state index in [0.29, 0.717) is 31.1 Å². The Morgan fingerprint density at radius 2 is 2.06 bits per heavy atom. The topological polar surface area (TPSA) is 118 Å². The van der Waals surface area contributed by atoms with Gasteiger partial charge in [-0.1, -0.05) is 0 Å². The number of aromatic nitrogens is 3. The number of halogens is 1. The first-order valence-corrected chi connectivity index (χ1v) is 10.8. The van der Waals surface area contributed by atoms with Crippen molar-refractivity contribution in [2.45, 2.75) is 12.6 Å². The van der Waals surface area contributed by atoms with Crippen molar-refractivity contribution in [2.75, 3.05) is 32.6 Å². The van der Waals surface area contributed by atoms with Gasteiger partial charge >= 0.3 is 0 Å². The molecular weight excluding hydrogens is 457 g/mol. The number of likely N-dealkylation sites (tertiary alicyclic amines) is 1. The molecule has 1 saturated heterocycles. The number of furan rings is 1. The van der Waals surface area contributed by atoms with Gasteiger partial charge in [0.15, 0.2) is 23.1 Å². The van der Waals surface area contributed by atoms with E-state index in [1.54, 1.807) is 29.4 Å². The number of phenols is 1. The summed E-state index contributed by atoms with van der Waals surface area (Å²) in [6.45, 7) is 1.77. The van der Waals surface area contributed by atoms with Crippen molar-refractivity contribution in [3.05, 3.63) is 60.7 Å². The number of aliphatic hydroxyl groups excluding tert-OH is 1. The number of nitrogens with one attached hydrogen (secondary N) is 1. The van der Waals surface area contributed by atoms with Gasteiger partial charge in [0.1, 0.15) is 0 Å². The molecular formula is C24H24FN5O5. The third kappa shape index (κ3) is 4.51. The number of hydrogen-bond acceptors (Lipinski definition) is 9. The predicted octanol–water partition coefficient (Wildman–Crippen LogP) is 3.31. The van der Waals surface area contributed by atoms with Crippen LogP contribution in [0.4, 0.5) is 16.0 Å². The third-order valence-electron chi connectivity index (χ3n) is 5.76. The number of benzene rings is 1. The molecule has 0 spiro atoms. The smallest absolute Gasteiger partial charge is 0.229 e. The van der Waals surface area contributed by atoms with E-state index in [1.165, 1.54) is 20.3 Å². The van der Waals surface area contributed by atoms with Crippen molar-refractivity contribution in [3.8, 4) is 34.2 Å². The van der Waals surface area contributed by atoms with E-state index in [2.05, 4.69) is 20.2 Å². The summed E-state index contributed by atoms with van der Waals surface area (Å²) in [5.41, 5.74) is 3.10. The molecule has 10 nitrogen and oxygen atoms in total. The van der Waals surface area contributed by atoms with Gasteiger partial charge in [-0.3, -0.25) is 4.90 Å². The summed E-state index contributed by atoms with van der Waals surface area (Å²) in [5.74, 6) is -0.0582. The number of anilines is 2. The van der Waals surface area contributed by atoms with Crippen LogP contribution in [0.3, 0.4) is 0 Å². The van der Waals surface area contributed by atoms with Crippen LogP contribution in [0.25, 0.3) is 16.9 Å². The molecule has 0 aliphatic carbocycles. The molecule has 1 fully saturated rings. The first-order valence-electron chi connectivity index (χ1n) is 10.8. The van der Waals surface area contributed by atoms with E-state index in [0.717, 1.165) is 22.9 Å². The fourth-order valence-corrected chi connectivity index (χ4v) is 4.08. The average molecular weight is 481 g/mol. The standard InChI is InChI=1S/C24H24FN5O5/c1-33-21-6-16(5-20(32)22(21)34-2)27-24-26-7-19(25)23(28-24)30-9-15(8-29-10-17(31)11-29)18(12-30)14-3-4-35-13-14/h3-7,9,12-13,17,31-32H,8,10-11H2,1-2H3,(H,26,27,28). The van der Waals surface area contributed by atoms with Gasteiger partial charge in [-0.15, -0.1) is 0 Å². The number of hydrogen-bond donors (Lipinski definition) is 3. The Balaban J connectivity index is 1.47. The first-order chi connectivity index (χ1) is 16.9. The number of methoxy groups -OCH3 is 2. The maximum Gasteiger partial charge on any atom is 0.229 e. The lowest BCUT2D eigenvalue weighted by molar-refractivity contribution is -0.00277. The minimum atomic E-state index is -0.606. The van der Waals surface area contributed by atoms with Crippen molar-refractivity contribution < 1.29 is 28.5 Å². The van der Waals surface area contributed by atoms with E-state index in [9.17, 15) is 14.6 Å². The number of ether oxygens (including phenoxy) is 2. The number of aromatic hydroxyl groups is 1. The Morgan fingerprint density at radius 1 is 1.23 bits per heavy atom. The quantitative estimate of drug-likeness (QED) is 0.348. The highest BCUT2D eigenvalue weighted by molar-refractivity contribution is 5.67. The molecule has 11 heteroatoms. The number of β-amino-alcohol motifs (C(OH)–C–C–N with tert-alkyl or cyclic N) is 1. The zero-order chi connectivity index (χ0) is 24.5. The van der Waals surface area contributed by atoms with Crippen LogP contribution in [0.2, 0.25) is 0 Å². The van der Waals surface area contributed by atoms with E-state index in [-0.39, 0.29) is 29.4 Å². The Morgan fingerprint density at radius 3 is 2.74 bits per heavy atom. The third-order valence-corrected chi connectivity index (χ3v) is 5.76. The van der Waals surface area contributed by atoms with E-state index in [1.807, 2.05) is 12.3 Å². The molecule has 1 aliphatic heterocycles. The summed E-state index contributed by atoms with van der Waals surface area (Å²) in [5, 5.41) is 22.8. The molecule has 0 unspecified atom stereocenters. The van der Waals surface area contributed by atoms with Crippen molar-refractivity contribution in [3.63, 3.8) is 0 Å². The zero-order valence-corrected chi connectivity index (χ0v) is 19.1. The first kappa shape index (κ1) is 22.7. The van der Waals surface area contributed by atoms with Gasteiger partial charge in [-0.2, -0.15) is 4.98 Å². The molecule has 0 bridgehead atoms. The molecule has 182 valence electrons. The average Bonchev–Trinajstić information content (AvgIpc) is 3.49. The van der Waals surface area contributed by atoms with Crippen molar-refractivity contribution in [1.82, 2.24) is 19.4 Å². The van der Waals surface area contributed by atoms with E-state index in [4.69, 9.17) is 13.9 Å². The van der Waals surface area contributed by atoms with Gasteiger partial charge in [0.2, 0.25) is 11.7 Å². The van der Waals surface area contributed by atoms with Crippen LogP contribution >= 0.6 is 0 Å². The maximum atomic E-state index is 14.8. The van der Waals surface area contributed by atoms with Gasteiger partial charge in [0.05, 0.1) is 39.0 Å². The second-order valence-corrected chi connectivity index (χ2v) is 8.19. The molecule has 4 heterocycles. The van der Waals surface area contributed by atoms with Gasteiger partial charge in [-0.25, -0.2) is 9.37 Å². The normalized spacial score (nSPS) is 14.1. The molecule has 4 aromatic rings. The number of aliphatic hydroxyl groups is 1. The SMILES string of the molecule is COc1cc(Nc2ncc(F)c(-n3cc(CN4CC(O)C4)c(-c4ccoc4)c3)n2)cc(O)c1OC. The zero-order valence-electron chi connectivity index (χ0n) is 19.1. The minimum Gasteiger partial charge on any atom is -0.504 e. The largest absolute Gasteiger partial charge is 0.504 e. The molecule has 35 heavy (non-hydrogen) atoms. The molecule has 3 N–H and O–H groups in total. The van der Waals surface area contributed by atoms with Gasteiger partial charge < -0.3 is 34.0 Å². The fourth-order valence-electron chi connectivity index (χ4n) is 4.08. The number of nitrogens with zero attached hydrogens (tertiary/aromatic N) is 4. The van der Waals surface area contributed by atoms with E-state index >= 15 is 0 Å². The van der Waals surface area contributed by atoms with Crippen molar-refractivity contribution in [2.24, 2.45) is 0 Å². The molecule has 0 radical (unpaired) electrons. The highest BCUT2D eigenvalue weighted by Gasteiger charge is 2.26. The van der Waals surface area contributed by atoms with Crippen LogP contribution in [-0.2, 0) is 6.54 Å². The van der Waals surface area contributed by atoms with E-state index < -0.39 is 5.82 Å². The molecule has 3 aromatic heterocycles. The second-order valence-electron chi connectivity index (χ2n) is 8.19. The second kappa shape index (κ2) is 9.28. The van der Waals surface area contributed by atoms with Crippen LogP contribution in [-0.4, -0.2) is 63.1 Å². The summed E-state index contributed by atoms with van der Waals surface area (Å²) in [7, 11) is 2.88. The molecule has 0 saturated carbocycles. The summed E-state index contributed by atoms with van der Waals surface area (Å²) in [6, 6.07) is 4.87. The van der Waals surface area contributed by atoms with Crippen molar-refractivity contribution >= 4 is 11.6 Å². The Kier molecular flexibility index (Phi) is 6.01. The summed E-state index contributed by atoms with van der Waals surface area (Å²) < 4.78 is 32.1. The lowest BCUT2D eigenvalue weighted by Crippen LogP contribution is -2.49. The highest BCUT2D eigenvalue weighted by atomic mass is 19.1.